The number of β-amino-alcohol motifs (C(OH)–C–C–N with tert-alkyl or cyclic N) is 2. The van der Waals surface area contributed by atoms with Gasteiger partial charge in [0.05, 0.1) is 23.5 Å². The average molecular weight is 490 g/mol. The molecule has 2 aliphatic heterocycles. The molecule has 2 atom stereocenters. The van der Waals surface area contributed by atoms with Crippen molar-refractivity contribution in [1.82, 2.24) is 24.5 Å². The zero-order valence-corrected chi connectivity index (χ0v) is 19.5. The predicted octanol–water partition coefficient (Wildman–Crippen LogP) is 0.946. The fraction of sp³-hybridized carbons (Fsp3) is 0.360. The smallest absolute Gasteiger partial charge is 0.229 e. The van der Waals surface area contributed by atoms with Gasteiger partial charge in [-0.3, -0.25) is 9.55 Å². The number of nitrogens with zero attached hydrogens (tertiary/aromatic N) is 7. The van der Waals surface area contributed by atoms with Crippen molar-refractivity contribution in [3.8, 4) is 11.4 Å². The minimum absolute atomic E-state index is 0.164. The first-order chi connectivity index (χ1) is 17.4. The molecule has 36 heavy (non-hydrogen) atoms. The Morgan fingerprint density at radius 1 is 0.861 bits per heavy atom. The average Bonchev–Trinajstić information content (AvgIpc) is 3.47. The van der Waals surface area contributed by atoms with E-state index in [0.717, 1.165) is 11.3 Å². The van der Waals surface area contributed by atoms with Crippen LogP contribution in [0.15, 0.2) is 55.1 Å². The Morgan fingerprint density at radius 2 is 1.53 bits per heavy atom. The number of piperidine rings is 1. The third kappa shape index (κ3) is 3.91. The van der Waals surface area contributed by atoms with Crippen molar-refractivity contribution < 1.29 is 20.4 Å². The summed E-state index contributed by atoms with van der Waals surface area (Å²) in [4.78, 5) is 22.2. The van der Waals surface area contributed by atoms with E-state index < -0.39 is 17.8 Å². The third-order valence-corrected chi connectivity index (χ3v) is 7.14. The lowest BCUT2D eigenvalue weighted by Gasteiger charge is -2.38. The number of hydrogen-bond acceptors (Lipinski definition) is 10. The number of aliphatic hydroxyl groups is 3. The number of fused-ring (bicyclic) bond motifs is 1. The summed E-state index contributed by atoms with van der Waals surface area (Å²) in [5.41, 5.74) is 1.81. The summed E-state index contributed by atoms with van der Waals surface area (Å²) in [5.74, 6) is 1.21. The molecule has 5 heterocycles. The highest BCUT2D eigenvalue weighted by Crippen LogP contribution is 2.36. The van der Waals surface area contributed by atoms with E-state index >= 15 is 0 Å². The summed E-state index contributed by atoms with van der Waals surface area (Å²) in [6.07, 6.45) is 4.30. The van der Waals surface area contributed by atoms with Gasteiger partial charge in [-0.2, -0.15) is 9.97 Å². The highest BCUT2D eigenvalue weighted by Gasteiger charge is 2.36. The van der Waals surface area contributed by atoms with E-state index in [-0.39, 0.29) is 18.8 Å². The van der Waals surface area contributed by atoms with E-state index in [2.05, 4.69) is 9.97 Å². The highest BCUT2D eigenvalue weighted by atomic mass is 16.3. The van der Waals surface area contributed by atoms with Crippen molar-refractivity contribution in [3.05, 3.63) is 60.7 Å². The van der Waals surface area contributed by atoms with Gasteiger partial charge in [0.2, 0.25) is 5.95 Å². The molecule has 4 N–H and O–H groups in total. The fourth-order valence-corrected chi connectivity index (χ4v) is 5.01. The summed E-state index contributed by atoms with van der Waals surface area (Å²) < 4.78 is 1.87. The van der Waals surface area contributed by atoms with Gasteiger partial charge in [0.15, 0.2) is 17.0 Å². The number of aliphatic hydroxyl groups excluding tert-OH is 2. The molecule has 186 valence electrons. The number of imidazole rings is 1. The largest absolute Gasteiger partial charge is 0.508 e. The molecule has 2 unspecified atom stereocenters. The first-order valence-corrected chi connectivity index (χ1v) is 11.9. The maximum atomic E-state index is 11.3. The molecule has 2 aliphatic rings. The molecule has 1 aromatic carbocycles. The molecular formula is C25H27N7O4. The van der Waals surface area contributed by atoms with Gasteiger partial charge in [-0.05, 0) is 42.7 Å². The van der Waals surface area contributed by atoms with Crippen molar-refractivity contribution in [2.24, 2.45) is 0 Å². The second-order valence-corrected chi connectivity index (χ2v) is 9.44. The van der Waals surface area contributed by atoms with Crippen molar-refractivity contribution in [2.75, 3.05) is 36.0 Å². The third-order valence-electron chi connectivity index (χ3n) is 7.14. The minimum atomic E-state index is -1.00. The lowest BCUT2D eigenvalue weighted by molar-refractivity contribution is 0.0115. The van der Waals surface area contributed by atoms with Crippen LogP contribution < -0.4 is 9.80 Å². The second-order valence-electron chi connectivity index (χ2n) is 9.44. The van der Waals surface area contributed by atoms with Crippen LogP contribution in [0.25, 0.3) is 16.9 Å². The lowest BCUT2D eigenvalue weighted by atomic mass is 9.84. The summed E-state index contributed by atoms with van der Waals surface area (Å²) >= 11 is 0. The summed E-state index contributed by atoms with van der Waals surface area (Å²) in [5, 5.41) is 41.2. The van der Waals surface area contributed by atoms with Crippen LogP contribution in [0.4, 0.5) is 11.8 Å². The molecule has 0 spiro atoms. The normalized spacial score (nSPS) is 21.9. The SMILES string of the molecule is Oc1ccc(C2(O)CCN(c3nc(N4CC(O)C(O)C4)c4ncn(-c5ccncc5)c4n3)CC2)cc1. The number of anilines is 2. The first kappa shape index (κ1) is 22.7. The zero-order valence-electron chi connectivity index (χ0n) is 19.5. The van der Waals surface area contributed by atoms with Crippen LogP contribution in [0.2, 0.25) is 0 Å². The second kappa shape index (κ2) is 8.70. The van der Waals surface area contributed by atoms with Gasteiger partial charge in [-0.25, -0.2) is 4.98 Å². The van der Waals surface area contributed by atoms with Crippen LogP contribution in [-0.2, 0) is 5.60 Å². The molecule has 0 aliphatic carbocycles. The van der Waals surface area contributed by atoms with Gasteiger partial charge in [-0.1, -0.05) is 12.1 Å². The zero-order chi connectivity index (χ0) is 24.9. The van der Waals surface area contributed by atoms with E-state index in [0.29, 0.717) is 48.9 Å². The van der Waals surface area contributed by atoms with Crippen molar-refractivity contribution >= 4 is 22.9 Å². The maximum absolute atomic E-state index is 11.3. The van der Waals surface area contributed by atoms with Crippen LogP contribution in [0.3, 0.4) is 0 Å². The number of aromatic hydroxyl groups is 1. The van der Waals surface area contributed by atoms with Crippen LogP contribution in [0, 0.1) is 0 Å². The summed E-state index contributed by atoms with van der Waals surface area (Å²) in [6.45, 7) is 1.54. The number of hydrogen-bond donors (Lipinski definition) is 4. The van der Waals surface area contributed by atoms with E-state index in [1.807, 2.05) is 26.5 Å². The van der Waals surface area contributed by atoms with Crippen molar-refractivity contribution in [3.63, 3.8) is 0 Å². The molecule has 0 radical (unpaired) electrons. The van der Waals surface area contributed by atoms with Crippen LogP contribution in [0.5, 0.6) is 5.75 Å². The van der Waals surface area contributed by atoms with Crippen LogP contribution in [0.1, 0.15) is 18.4 Å². The first-order valence-electron chi connectivity index (χ1n) is 11.9. The number of rotatable bonds is 4. The quantitative estimate of drug-likeness (QED) is 0.327. The van der Waals surface area contributed by atoms with Gasteiger partial charge >= 0.3 is 0 Å². The molecule has 11 nitrogen and oxygen atoms in total. The van der Waals surface area contributed by atoms with E-state index in [1.54, 1.807) is 43.0 Å². The Labute approximate surface area is 206 Å². The monoisotopic (exact) mass is 489 g/mol. The molecule has 0 bridgehead atoms. The van der Waals surface area contributed by atoms with Gasteiger partial charge in [-0.15, -0.1) is 0 Å². The molecule has 3 aromatic heterocycles. The molecule has 0 amide bonds. The topological polar surface area (TPSA) is 144 Å². The van der Waals surface area contributed by atoms with Crippen molar-refractivity contribution in [2.45, 2.75) is 30.7 Å². The van der Waals surface area contributed by atoms with Crippen molar-refractivity contribution in [1.29, 1.82) is 0 Å². The van der Waals surface area contributed by atoms with Gasteiger partial charge in [0, 0.05) is 38.6 Å². The standard InChI is InChI=1S/C25H27N7O4/c33-18-3-1-16(2-4-18)25(36)7-11-30(12-8-25)24-28-22(31-13-19(34)20(35)14-31)21-23(29-24)32(15-27-21)17-5-9-26-10-6-17/h1-6,9-10,15,19-20,33-36H,7-8,11-14H2. The molecular weight excluding hydrogens is 462 g/mol. The minimum Gasteiger partial charge on any atom is -0.508 e. The fourth-order valence-electron chi connectivity index (χ4n) is 5.01. The van der Waals surface area contributed by atoms with Gasteiger partial charge < -0.3 is 30.2 Å². The predicted molar refractivity (Wildman–Crippen MR) is 132 cm³/mol. The van der Waals surface area contributed by atoms with E-state index in [4.69, 9.17) is 9.97 Å². The van der Waals surface area contributed by atoms with Gasteiger partial charge in [0.25, 0.3) is 0 Å². The lowest BCUT2D eigenvalue weighted by Crippen LogP contribution is -2.43. The van der Waals surface area contributed by atoms with Crippen LogP contribution in [-0.4, -0.2) is 83.3 Å². The Kier molecular flexibility index (Phi) is 5.47. The summed E-state index contributed by atoms with van der Waals surface area (Å²) in [7, 11) is 0. The number of pyridine rings is 1. The Hall–Kier alpha value is -3.80. The Bertz CT molecular complexity index is 1360. The number of aromatic nitrogens is 5. The highest BCUT2D eigenvalue weighted by molar-refractivity contribution is 5.86. The number of benzene rings is 1. The molecule has 4 aromatic rings. The number of phenolic OH excluding ortho intramolecular Hbond substituents is 1. The Balaban J connectivity index is 1.37. The maximum Gasteiger partial charge on any atom is 0.229 e. The van der Waals surface area contributed by atoms with E-state index in [9.17, 15) is 20.4 Å². The molecule has 2 fully saturated rings. The van der Waals surface area contributed by atoms with Gasteiger partial charge in [0.1, 0.15) is 12.1 Å². The number of phenols is 1. The van der Waals surface area contributed by atoms with Crippen LogP contribution >= 0.6 is 0 Å². The molecule has 2 saturated heterocycles. The molecule has 6 rings (SSSR count). The molecule has 0 saturated carbocycles. The van der Waals surface area contributed by atoms with E-state index in [1.165, 1.54) is 0 Å². The molecule has 11 heteroatoms. The Morgan fingerprint density at radius 3 is 2.19 bits per heavy atom. The summed E-state index contributed by atoms with van der Waals surface area (Å²) in [6, 6.07) is 10.4.